The van der Waals surface area contributed by atoms with E-state index in [1.165, 1.54) is 17.4 Å². The van der Waals surface area contributed by atoms with Gasteiger partial charge < -0.3 is 5.73 Å². The second-order valence-corrected chi connectivity index (χ2v) is 9.47. The van der Waals surface area contributed by atoms with Gasteiger partial charge in [-0.2, -0.15) is 0 Å². The van der Waals surface area contributed by atoms with Gasteiger partial charge in [0, 0.05) is 18.2 Å². The molecule has 2 aromatic rings. The van der Waals surface area contributed by atoms with Crippen molar-refractivity contribution in [2.45, 2.75) is 13.8 Å². The lowest BCUT2D eigenvalue weighted by Gasteiger charge is -2.23. The van der Waals surface area contributed by atoms with Crippen molar-refractivity contribution in [2.24, 2.45) is 21.6 Å². The molecule has 1 aliphatic heterocycles. The first kappa shape index (κ1) is 21.0. The smallest absolute Gasteiger partial charge is 0.235 e. The molecule has 0 spiro atoms. The molecule has 6 nitrogen and oxygen atoms in total. The number of benzene rings is 2. The van der Waals surface area contributed by atoms with Gasteiger partial charge in [-0.05, 0) is 29.7 Å². The molecule has 0 bridgehead atoms. The Bertz CT molecular complexity index is 1080. The predicted molar refractivity (Wildman–Crippen MR) is 117 cm³/mol. The summed E-state index contributed by atoms with van der Waals surface area (Å²) in [4.78, 5) is 8.40. The minimum absolute atomic E-state index is 0.000644. The maximum Gasteiger partial charge on any atom is 0.235 e. The molecule has 0 radical (unpaired) electrons. The van der Waals surface area contributed by atoms with Crippen molar-refractivity contribution in [3.05, 3.63) is 53.8 Å². The van der Waals surface area contributed by atoms with Crippen LogP contribution in [0.15, 0.2) is 52.4 Å². The Balaban J connectivity index is 1.97. The fraction of sp³-hybridized carbons (Fsp3) is 0.333. The molecule has 0 aliphatic carbocycles. The zero-order valence-electron chi connectivity index (χ0n) is 16.8. The van der Waals surface area contributed by atoms with E-state index in [1.807, 2.05) is 13.8 Å². The summed E-state index contributed by atoms with van der Waals surface area (Å²) < 4.78 is 41.5. The third-order valence-electron chi connectivity index (χ3n) is 4.66. The molecule has 2 aromatic carbocycles. The first-order valence-corrected chi connectivity index (χ1v) is 11.0. The number of amidine groups is 1. The summed E-state index contributed by atoms with van der Waals surface area (Å²) >= 11 is 0. The van der Waals surface area contributed by atoms with E-state index in [0.717, 1.165) is 0 Å². The number of rotatable bonds is 6. The average molecular weight is 417 g/mol. The Kier molecular flexibility index (Phi) is 6.02. The quantitative estimate of drug-likeness (QED) is 0.785. The van der Waals surface area contributed by atoms with Crippen LogP contribution in [-0.2, 0) is 10.0 Å². The summed E-state index contributed by atoms with van der Waals surface area (Å²) in [7, 11) is -1.96. The third kappa shape index (κ3) is 4.64. The fourth-order valence-electron chi connectivity index (χ4n) is 3.22. The van der Waals surface area contributed by atoms with Gasteiger partial charge in [-0.1, -0.05) is 38.1 Å². The van der Waals surface area contributed by atoms with Gasteiger partial charge in [-0.3, -0.25) is 14.3 Å². The molecule has 3 rings (SSSR count). The van der Waals surface area contributed by atoms with E-state index >= 15 is 0 Å². The second kappa shape index (κ2) is 8.32. The lowest BCUT2D eigenvalue weighted by Crippen LogP contribution is -2.31. The zero-order valence-corrected chi connectivity index (χ0v) is 17.6. The normalized spacial score (nSPS) is 14.5. The molecule has 0 unspecified atom stereocenters. The number of hydrogen-bond donors (Lipinski definition) is 1. The lowest BCUT2D eigenvalue weighted by molar-refractivity contribution is 0.580. The number of hydrogen-bond acceptors (Lipinski definition) is 5. The van der Waals surface area contributed by atoms with Crippen LogP contribution in [0.2, 0.25) is 0 Å². The van der Waals surface area contributed by atoms with Gasteiger partial charge in [0.2, 0.25) is 10.0 Å². The topological polar surface area (TPSA) is 88.1 Å². The van der Waals surface area contributed by atoms with Crippen molar-refractivity contribution < 1.29 is 12.8 Å². The molecule has 0 amide bonds. The Morgan fingerprint density at radius 3 is 2.45 bits per heavy atom. The number of para-hydroxylation sites is 1. The molecule has 0 aromatic heterocycles. The van der Waals surface area contributed by atoms with Crippen LogP contribution in [-0.4, -0.2) is 45.9 Å². The van der Waals surface area contributed by atoms with E-state index in [2.05, 4.69) is 9.98 Å². The minimum Gasteiger partial charge on any atom is -0.386 e. The van der Waals surface area contributed by atoms with E-state index in [4.69, 9.17) is 5.73 Å². The monoisotopic (exact) mass is 416 g/mol. The van der Waals surface area contributed by atoms with E-state index in [9.17, 15) is 12.8 Å². The van der Waals surface area contributed by atoms with E-state index < -0.39 is 15.8 Å². The third-order valence-corrected chi connectivity index (χ3v) is 6.78. The molecular formula is C21H25FN4O2S. The molecule has 1 aliphatic rings. The van der Waals surface area contributed by atoms with Crippen molar-refractivity contribution in [1.82, 2.24) is 0 Å². The van der Waals surface area contributed by atoms with Crippen LogP contribution < -0.4 is 10.0 Å². The van der Waals surface area contributed by atoms with Gasteiger partial charge in [0.15, 0.2) is 0 Å². The van der Waals surface area contributed by atoms with Crippen LogP contribution in [0.4, 0.5) is 10.1 Å². The molecule has 2 N–H and O–H groups in total. The van der Waals surface area contributed by atoms with Crippen LogP contribution in [0.5, 0.6) is 0 Å². The largest absolute Gasteiger partial charge is 0.386 e. The van der Waals surface area contributed by atoms with E-state index in [-0.39, 0.29) is 24.8 Å². The highest BCUT2D eigenvalue weighted by molar-refractivity contribution is 7.92. The molecule has 0 atom stereocenters. The highest BCUT2D eigenvalue weighted by Gasteiger charge is 2.23. The number of sulfonamides is 1. The minimum atomic E-state index is -3.49. The molecule has 29 heavy (non-hydrogen) atoms. The number of aliphatic imine (C=N–C) groups is 2. The molecular weight excluding hydrogens is 391 g/mol. The Labute approximate surface area is 171 Å². The molecule has 0 fully saturated rings. The average Bonchev–Trinajstić information content (AvgIpc) is 2.67. The van der Waals surface area contributed by atoms with Gasteiger partial charge in [-0.25, -0.2) is 12.8 Å². The lowest BCUT2D eigenvalue weighted by atomic mass is 9.99. The Morgan fingerprint density at radius 2 is 1.83 bits per heavy atom. The molecule has 8 heteroatoms. The van der Waals surface area contributed by atoms with Gasteiger partial charge in [0.05, 0.1) is 30.2 Å². The van der Waals surface area contributed by atoms with Gasteiger partial charge in [0.25, 0.3) is 0 Å². The summed E-state index contributed by atoms with van der Waals surface area (Å²) in [5.74, 6) is 0.0401. The SMILES string of the molecule is CC(C)CS(=O)(=O)N(C)c1ccccc1-c1ccc(C2=NCC(N)=NC2)c(F)c1. The number of nitrogens with zero attached hydrogens (tertiary/aromatic N) is 3. The van der Waals surface area contributed by atoms with Crippen molar-refractivity contribution in [2.75, 3.05) is 30.2 Å². The first-order valence-electron chi connectivity index (χ1n) is 9.37. The fourth-order valence-corrected chi connectivity index (χ4v) is 4.74. The van der Waals surface area contributed by atoms with Crippen LogP contribution in [0.3, 0.4) is 0 Å². The van der Waals surface area contributed by atoms with Gasteiger partial charge in [-0.15, -0.1) is 0 Å². The van der Waals surface area contributed by atoms with Crippen LogP contribution in [0, 0.1) is 11.7 Å². The van der Waals surface area contributed by atoms with E-state index in [0.29, 0.717) is 33.9 Å². The Morgan fingerprint density at radius 1 is 1.10 bits per heavy atom. The second-order valence-electron chi connectivity index (χ2n) is 7.42. The van der Waals surface area contributed by atoms with Crippen LogP contribution in [0.1, 0.15) is 19.4 Å². The number of nitrogens with two attached hydrogens (primary N) is 1. The zero-order chi connectivity index (χ0) is 21.2. The number of halogens is 1. The van der Waals surface area contributed by atoms with Crippen LogP contribution >= 0.6 is 0 Å². The summed E-state index contributed by atoms with van der Waals surface area (Å²) in [5, 5.41) is 0. The number of anilines is 1. The van der Waals surface area contributed by atoms with E-state index in [1.54, 1.807) is 36.4 Å². The van der Waals surface area contributed by atoms with Crippen molar-refractivity contribution in [3.8, 4) is 11.1 Å². The molecule has 0 saturated carbocycles. The molecule has 154 valence electrons. The van der Waals surface area contributed by atoms with Crippen LogP contribution in [0.25, 0.3) is 11.1 Å². The van der Waals surface area contributed by atoms with Crippen molar-refractivity contribution in [3.63, 3.8) is 0 Å². The molecule has 1 heterocycles. The standard InChI is InChI=1S/C21H25FN4O2S/c1-14(2)13-29(27,28)26(3)20-7-5-4-6-16(20)15-8-9-17(18(22)10-15)19-11-25-21(23)12-24-19/h4-10,14H,11-13H2,1-3H3,(H2,23,25). The van der Waals surface area contributed by atoms with Crippen molar-refractivity contribution in [1.29, 1.82) is 0 Å². The predicted octanol–water partition coefficient (Wildman–Crippen LogP) is 3.07. The molecule has 0 saturated heterocycles. The van der Waals surface area contributed by atoms with Gasteiger partial charge in [0.1, 0.15) is 11.7 Å². The maximum absolute atomic E-state index is 14.9. The van der Waals surface area contributed by atoms with Gasteiger partial charge >= 0.3 is 0 Å². The summed E-state index contributed by atoms with van der Waals surface area (Å²) in [6.45, 7) is 4.22. The first-order chi connectivity index (χ1) is 13.7. The highest BCUT2D eigenvalue weighted by Crippen LogP contribution is 2.33. The maximum atomic E-state index is 14.9. The summed E-state index contributed by atoms with van der Waals surface area (Å²) in [6, 6.07) is 11.9. The van der Waals surface area contributed by atoms with Crippen molar-refractivity contribution >= 4 is 27.3 Å². The summed E-state index contributed by atoms with van der Waals surface area (Å²) in [6.07, 6.45) is 0. The highest BCUT2D eigenvalue weighted by atomic mass is 32.2. The Hall–Kier alpha value is -2.74. The summed E-state index contributed by atoms with van der Waals surface area (Å²) in [5.41, 5.74) is 8.28.